The number of nitrogens with two attached hydrogens (primary N) is 1. The maximum Gasteiger partial charge on any atom is 0.0741 e. The lowest BCUT2D eigenvalue weighted by molar-refractivity contribution is 0.0596. The lowest BCUT2D eigenvalue weighted by Crippen LogP contribution is -2.34. The van der Waals surface area contributed by atoms with Gasteiger partial charge in [0.1, 0.15) is 0 Å². The Labute approximate surface area is 114 Å². The Morgan fingerprint density at radius 1 is 1.33 bits per heavy atom. The highest BCUT2D eigenvalue weighted by Gasteiger charge is 2.17. The van der Waals surface area contributed by atoms with Crippen LogP contribution in [0.15, 0.2) is 23.1 Å². The fourth-order valence-corrected chi connectivity index (χ4v) is 3.30. The number of hydrogen-bond acceptors (Lipinski definition) is 3. The van der Waals surface area contributed by atoms with Crippen LogP contribution in [0.25, 0.3) is 0 Å². The van der Waals surface area contributed by atoms with Gasteiger partial charge >= 0.3 is 0 Å². The predicted octanol–water partition coefficient (Wildman–Crippen LogP) is 2.76. The zero-order valence-corrected chi connectivity index (χ0v) is 11.9. The van der Waals surface area contributed by atoms with E-state index in [9.17, 15) is 5.11 Å². The average Bonchev–Trinajstić information content (AvgIpc) is 2.82. The van der Waals surface area contributed by atoms with Crippen molar-refractivity contribution >= 4 is 11.8 Å². The molecule has 0 saturated carbocycles. The van der Waals surface area contributed by atoms with Crippen molar-refractivity contribution in [2.24, 2.45) is 5.73 Å². The molecule has 0 fully saturated rings. The van der Waals surface area contributed by atoms with E-state index in [-0.39, 0.29) is 0 Å². The summed E-state index contributed by atoms with van der Waals surface area (Å²) >= 11 is 1.89. The van der Waals surface area contributed by atoms with E-state index in [0.717, 1.165) is 18.6 Å². The molecule has 0 heterocycles. The Morgan fingerprint density at radius 2 is 2.11 bits per heavy atom. The second kappa shape index (κ2) is 6.09. The summed E-state index contributed by atoms with van der Waals surface area (Å²) in [5, 5.41) is 9.81. The molecule has 2 rings (SSSR count). The molecule has 0 radical (unpaired) electrons. The molecule has 2 nitrogen and oxygen atoms in total. The molecule has 18 heavy (non-hydrogen) atoms. The smallest absolute Gasteiger partial charge is 0.0741 e. The van der Waals surface area contributed by atoms with Crippen LogP contribution < -0.4 is 5.73 Å². The minimum Gasteiger partial charge on any atom is -0.389 e. The second-order valence-corrected chi connectivity index (χ2v) is 6.61. The van der Waals surface area contributed by atoms with Gasteiger partial charge in [-0.25, -0.2) is 0 Å². The van der Waals surface area contributed by atoms with Crippen LogP contribution in [0.4, 0.5) is 0 Å². The van der Waals surface area contributed by atoms with Crippen LogP contribution in [0, 0.1) is 0 Å². The van der Waals surface area contributed by atoms with Gasteiger partial charge in [0.15, 0.2) is 0 Å². The number of benzene rings is 1. The van der Waals surface area contributed by atoms with Crippen molar-refractivity contribution in [3.63, 3.8) is 0 Å². The Balaban J connectivity index is 1.77. The van der Waals surface area contributed by atoms with E-state index >= 15 is 0 Å². The Kier molecular flexibility index (Phi) is 4.71. The Morgan fingerprint density at radius 3 is 2.89 bits per heavy atom. The van der Waals surface area contributed by atoms with Crippen LogP contribution in [0.1, 0.15) is 37.3 Å². The van der Waals surface area contributed by atoms with Crippen LogP contribution in [0.2, 0.25) is 0 Å². The van der Waals surface area contributed by atoms with Crippen LogP contribution in [0.3, 0.4) is 0 Å². The summed E-state index contributed by atoms with van der Waals surface area (Å²) in [6.45, 7) is 2.16. The van der Waals surface area contributed by atoms with Gasteiger partial charge in [0.05, 0.1) is 5.60 Å². The standard InChI is InChI=1S/C15H23NOS/c1-15(17,11-16)8-3-9-18-14-7-6-12-4-2-5-13(12)10-14/h6-7,10,17H,2-5,8-9,11,16H2,1H3. The number of aryl methyl sites for hydroxylation is 2. The number of hydrogen-bond donors (Lipinski definition) is 2. The average molecular weight is 265 g/mol. The van der Waals surface area contributed by atoms with Gasteiger partial charge in [-0.15, -0.1) is 11.8 Å². The van der Waals surface area contributed by atoms with Gasteiger partial charge < -0.3 is 10.8 Å². The number of fused-ring (bicyclic) bond motifs is 1. The van der Waals surface area contributed by atoms with E-state index in [4.69, 9.17) is 5.73 Å². The van der Waals surface area contributed by atoms with Gasteiger partial charge in [-0.2, -0.15) is 0 Å². The molecule has 3 N–H and O–H groups in total. The van der Waals surface area contributed by atoms with Crippen molar-refractivity contribution in [3.05, 3.63) is 29.3 Å². The first-order valence-electron chi connectivity index (χ1n) is 6.78. The minimum atomic E-state index is -0.696. The van der Waals surface area contributed by atoms with Crippen molar-refractivity contribution in [2.75, 3.05) is 12.3 Å². The Bertz CT molecular complexity index is 403. The van der Waals surface area contributed by atoms with Crippen molar-refractivity contribution < 1.29 is 5.11 Å². The highest BCUT2D eigenvalue weighted by Crippen LogP contribution is 2.28. The molecule has 0 bridgehead atoms. The third-order valence-corrected chi connectivity index (χ3v) is 4.72. The van der Waals surface area contributed by atoms with Gasteiger partial charge in [-0.3, -0.25) is 0 Å². The maximum atomic E-state index is 9.81. The second-order valence-electron chi connectivity index (χ2n) is 5.44. The molecule has 1 aliphatic carbocycles. The molecule has 1 atom stereocenters. The number of aliphatic hydroxyl groups is 1. The summed E-state index contributed by atoms with van der Waals surface area (Å²) < 4.78 is 0. The Hall–Kier alpha value is -0.510. The third kappa shape index (κ3) is 3.74. The maximum absolute atomic E-state index is 9.81. The highest BCUT2D eigenvalue weighted by molar-refractivity contribution is 7.99. The van der Waals surface area contributed by atoms with Gasteiger partial charge in [0.25, 0.3) is 0 Å². The first-order chi connectivity index (χ1) is 8.61. The molecular formula is C15H23NOS. The van der Waals surface area contributed by atoms with E-state index in [1.54, 1.807) is 0 Å². The van der Waals surface area contributed by atoms with E-state index in [1.807, 2.05) is 18.7 Å². The van der Waals surface area contributed by atoms with E-state index in [0.29, 0.717) is 6.54 Å². The molecule has 1 aromatic carbocycles. The quantitative estimate of drug-likeness (QED) is 0.614. The molecule has 1 unspecified atom stereocenters. The van der Waals surface area contributed by atoms with Crippen molar-refractivity contribution in [2.45, 2.75) is 49.5 Å². The summed E-state index contributed by atoms with van der Waals surface area (Å²) in [6.07, 6.45) is 5.58. The van der Waals surface area contributed by atoms with Gasteiger partial charge in [-0.1, -0.05) is 6.07 Å². The molecule has 0 amide bonds. The van der Waals surface area contributed by atoms with Crippen LogP contribution in [0.5, 0.6) is 0 Å². The first kappa shape index (κ1) is 13.9. The summed E-state index contributed by atoms with van der Waals surface area (Å²) in [7, 11) is 0. The summed E-state index contributed by atoms with van der Waals surface area (Å²) in [5.74, 6) is 1.05. The molecule has 3 heteroatoms. The third-order valence-electron chi connectivity index (χ3n) is 3.64. The van der Waals surface area contributed by atoms with E-state index < -0.39 is 5.60 Å². The van der Waals surface area contributed by atoms with Crippen molar-refractivity contribution in [1.29, 1.82) is 0 Å². The number of rotatable bonds is 6. The summed E-state index contributed by atoms with van der Waals surface area (Å²) in [6, 6.07) is 6.85. The van der Waals surface area contributed by atoms with Crippen LogP contribution in [-0.4, -0.2) is 23.0 Å². The summed E-state index contributed by atoms with van der Waals surface area (Å²) in [5.41, 5.74) is 7.88. The molecule has 0 aromatic heterocycles. The van der Waals surface area contributed by atoms with Crippen molar-refractivity contribution in [1.82, 2.24) is 0 Å². The minimum absolute atomic E-state index is 0.344. The fourth-order valence-electron chi connectivity index (χ4n) is 2.38. The van der Waals surface area contributed by atoms with Crippen molar-refractivity contribution in [3.8, 4) is 0 Å². The van der Waals surface area contributed by atoms with Crippen LogP contribution in [-0.2, 0) is 12.8 Å². The normalized spacial score (nSPS) is 17.5. The first-order valence-corrected chi connectivity index (χ1v) is 7.76. The number of thioether (sulfide) groups is 1. The molecule has 100 valence electrons. The predicted molar refractivity (Wildman–Crippen MR) is 78.1 cm³/mol. The molecule has 0 aliphatic heterocycles. The van der Waals surface area contributed by atoms with E-state index in [1.165, 1.54) is 35.3 Å². The molecule has 0 spiro atoms. The van der Waals surface area contributed by atoms with E-state index in [2.05, 4.69) is 18.2 Å². The zero-order chi connectivity index (χ0) is 13.0. The molecule has 1 aromatic rings. The van der Waals surface area contributed by atoms with Gasteiger partial charge in [0.2, 0.25) is 0 Å². The molecule has 1 aliphatic rings. The van der Waals surface area contributed by atoms with Crippen LogP contribution >= 0.6 is 11.8 Å². The fraction of sp³-hybridized carbons (Fsp3) is 0.600. The largest absolute Gasteiger partial charge is 0.389 e. The monoisotopic (exact) mass is 265 g/mol. The lowest BCUT2D eigenvalue weighted by atomic mass is 10.0. The molecule has 0 saturated heterocycles. The van der Waals surface area contributed by atoms with Gasteiger partial charge in [0, 0.05) is 11.4 Å². The van der Waals surface area contributed by atoms with Gasteiger partial charge in [-0.05, 0) is 68.0 Å². The molecular weight excluding hydrogens is 242 g/mol. The topological polar surface area (TPSA) is 46.2 Å². The lowest BCUT2D eigenvalue weighted by Gasteiger charge is -2.20. The summed E-state index contributed by atoms with van der Waals surface area (Å²) in [4.78, 5) is 1.36. The highest BCUT2D eigenvalue weighted by atomic mass is 32.2. The SMILES string of the molecule is CC(O)(CN)CCCSc1ccc2c(c1)CCC2. The zero-order valence-electron chi connectivity index (χ0n) is 11.1.